The van der Waals surface area contributed by atoms with Crippen molar-refractivity contribution < 1.29 is 44.6 Å². The molecular formula is C7H8O9. The van der Waals surface area contributed by atoms with E-state index in [2.05, 4.69) is 9.47 Å². The van der Waals surface area contributed by atoms with E-state index in [0.29, 0.717) is 0 Å². The molecule has 16 heavy (non-hydrogen) atoms. The molecule has 0 radical (unpaired) electrons. The van der Waals surface area contributed by atoms with Crippen LogP contribution in [0.1, 0.15) is 0 Å². The number of rotatable bonds is 3. The molecule has 0 unspecified atom stereocenters. The van der Waals surface area contributed by atoms with Gasteiger partial charge in [0.2, 0.25) is 11.9 Å². The molecule has 0 fully saturated rings. The van der Waals surface area contributed by atoms with Gasteiger partial charge in [0.1, 0.15) is 6.61 Å². The van der Waals surface area contributed by atoms with Gasteiger partial charge in [0.05, 0.1) is 0 Å². The van der Waals surface area contributed by atoms with Gasteiger partial charge in [-0.1, -0.05) is 0 Å². The predicted octanol–water partition coefficient (Wildman–Crippen LogP) is -1.39. The Kier molecular flexibility index (Phi) is 2.92. The highest BCUT2D eigenvalue weighted by Gasteiger charge is 2.52. The highest BCUT2D eigenvalue weighted by molar-refractivity contribution is 5.89. The van der Waals surface area contributed by atoms with E-state index in [1.165, 1.54) is 0 Å². The van der Waals surface area contributed by atoms with E-state index in [0.717, 1.165) is 0 Å². The molecule has 0 aromatic rings. The van der Waals surface area contributed by atoms with Gasteiger partial charge in [0.15, 0.2) is 5.76 Å². The van der Waals surface area contributed by atoms with E-state index in [4.69, 9.17) is 20.4 Å². The van der Waals surface area contributed by atoms with E-state index >= 15 is 0 Å². The molecule has 9 nitrogen and oxygen atoms in total. The first-order valence-electron chi connectivity index (χ1n) is 3.90. The van der Waals surface area contributed by atoms with Gasteiger partial charge in [-0.05, 0) is 0 Å². The highest BCUT2D eigenvalue weighted by atomic mass is 16.8. The van der Waals surface area contributed by atoms with Gasteiger partial charge in [-0.2, -0.15) is 0 Å². The zero-order valence-corrected chi connectivity index (χ0v) is 7.65. The van der Waals surface area contributed by atoms with Crippen LogP contribution in [0.15, 0.2) is 11.5 Å². The van der Waals surface area contributed by atoms with Gasteiger partial charge in [0, 0.05) is 0 Å². The summed E-state index contributed by atoms with van der Waals surface area (Å²) in [5.41, 5.74) is 0. The van der Waals surface area contributed by atoms with Gasteiger partial charge in [-0.25, -0.2) is 9.59 Å². The quantitative estimate of drug-likeness (QED) is 0.294. The minimum Gasteiger partial charge on any atom is -0.505 e. The third-order valence-corrected chi connectivity index (χ3v) is 1.81. The lowest BCUT2D eigenvalue weighted by Gasteiger charge is -2.28. The van der Waals surface area contributed by atoms with E-state index in [1.807, 2.05) is 0 Å². The lowest BCUT2D eigenvalue weighted by Crippen LogP contribution is -2.50. The summed E-state index contributed by atoms with van der Waals surface area (Å²) < 4.78 is 8.11. The topological polar surface area (TPSA) is 154 Å². The van der Waals surface area contributed by atoms with Crippen LogP contribution in [0.2, 0.25) is 0 Å². The molecule has 0 saturated heterocycles. The molecule has 1 aliphatic heterocycles. The first-order chi connectivity index (χ1) is 7.31. The standard InChI is InChI=1S/C7H8O9/c8-1-7(14,16-6(12)13)4-2(9)3(10)5(11)15-4/h4,8-10,14H,1H2,(H,12,13)/t4-,7+/m0/s1. The summed E-state index contributed by atoms with van der Waals surface area (Å²) in [6.07, 6.45) is -3.98. The monoisotopic (exact) mass is 236 g/mol. The third-order valence-electron chi connectivity index (χ3n) is 1.81. The Morgan fingerprint density at radius 1 is 1.50 bits per heavy atom. The molecule has 1 rings (SSSR count). The maximum atomic E-state index is 10.8. The molecular weight excluding hydrogens is 228 g/mol. The average molecular weight is 236 g/mol. The van der Waals surface area contributed by atoms with Crippen molar-refractivity contribution in [3.05, 3.63) is 11.5 Å². The van der Waals surface area contributed by atoms with Crippen molar-refractivity contribution in [3.63, 3.8) is 0 Å². The second-order valence-electron chi connectivity index (χ2n) is 2.89. The third kappa shape index (κ3) is 1.85. The fourth-order valence-electron chi connectivity index (χ4n) is 1.07. The number of hydrogen-bond donors (Lipinski definition) is 5. The number of cyclic esters (lactones) is 1. The van der Waals surface area contributed by atoms with Crippen LogP contribution in [-0.2, 0) is 14.3 Å². The molecule has 0 aromatic carbocycles. The fraction of sp³-hybridized carbons (Fsp3) is 0.429. The van der Waals surface area contributed by atoms with Crippen LogP contribution in [0.3, 0.4) is 0 Å². The first kappa shape index (κ1) is 12.1. The van der Waals surface area contributed by atoms with Gasteiger partial charge < -0.3 is 35.0 Å². The van der Waals surface area contributed by atoms with Gasteiger partial charge in [0.25, 0.3) is 5.79 Å². The second-order valence-corrected chi connectivity index (χ2v) is 2.89. The number of carbonyl (C=O) groups is 2. The van der Waals surface area contributed by atoms with Crippen LogP contribution >= 0.6 is 0 Å². The maximum Gasteiger partial charge on any atom is 0.508 e. The van der Waals surface area contributed by atoms with Gasteiger partial charge >= 0.3 is 12.1 Å². The van der Waals surface area contributed by atoms with Crippen molar-refractivity contribution >= 4 is 12.1 Å². The number of hydrogen-bond acceptors (Lipinski definition) is 8. The largest absolute Gasteiger partial charge is 0.508 e. The van der Waals surface area contributed by atoms with Crippen LogP contribution in [-0.4, -0.2) is 56.2 Å². The van der Waals surface area contributed by atoms with Crippen molar-refractivity contribution in [2.45, 2.75) is 11.9 Å². The number of ether oxygens (including phenoxy) is 2. The van der Waals surface area contributed by atoms with E-state index in [1.54, 1.807) is 0 Å². The van der Waals surface area contributed by atoms with Crippen molar-refractivity contribution in [1.82, 2.24) is 0 Å². The van der Waals surface area contributed by atoms with Crippen molar-refractivity contribution in [1.29, 1.82) is 0 Å². The van der Waals surface area contributed by atoms with Crippen LogP contribution in [0, 0.1) is 0 Å². The lowest BCUT2D eigenvalue weighted by atomic mass is 10.1. The lowest BCUT2D eigenvalue weighted by molar-refractivity contribution is -0.246. The minimum atomic E-state index is -2.88. The molecule has 1 heterocycles. The Morgan fingerprint density at radius 2 is 2.06 bits per heavy atom. The number of aliphatic hydroxyl groups is 4. The number of carbonyl (C=O) groups excluding carboxylic acids is 1. The summed E-state index contributed by atoms with van der Waals surface area (Å²) in [5, 5.41) is 44.5. The number of carboxylic acid groups (broad SMARTS) is 1. The predicted molar refractivity (Wildman–Crippen MR) is 43.3 cm³/mol. The fourth-order valence-corrected chi connectivity index (χ4v) is 1.07. The molecule has 0 aliphatic carbocycles. The first-order valence-corrected chi connectivity index (χ1v) is 3.90. The smallest absolute Gasteiger partial charge is 0.505 e. The molecule has 90 valence electrons. The molecule has 0 bridgehead atoms. The molecule has 1 aliphatic rings. The van der Waals surface area contributed by atoms with Crippen molar-refractivity contribution in [2.75, 3.05) is 6.61 Å². The summed E-state index contributed by atoms with van der Waals surface area (Å²) in [6.45, 7) is -1.28. The van der Waals surface area contributed by atoms with Crippen LogP contribution < -0.4 is 0 Å². The van der Waals surface area contributed by atoms with Gasteiger partial charge in [-0.15, -0.1) is 0 Å². The SMILES string of the molecule is O=C(O)O[C@](O)(CO)[C@H]1OC(=O)C(O)=C1O. The normalized spacial score (nSPS) is 23.9. The van der Waals surface area contributed by atoms with Crippen LogP contribution in [0.5, 0.6) is 0 Å². The Hall–Kier alpha value is -2.00. The zero-order chi connectivity index (χ0) is 12.5. The minimum absolute atomic E-state index is 1.12. The summed E-state index contributed by atoms with van der Waals surface area (Å²) in [7, 11) is 0. The second kappa shape index (κ2) is 3.87. The molecule has 5 N–H and O–H groups in total. The van der Waals surface area contributed by atoms with Crippen LogP contribution in [0.25, 0.3) is 0 Å². The summed E-state index contributed by atoms with van der Waals surface area (Å²) in [6, 6.07) is 0. The van der Waals surface area contributed by atoms with Crippen molar-refractivity contribution in [3.8, 4) is 0 Å². The molecule has 0 spiro atoms. The van der Waals surface area contributed by atoms with Crippen molar-refractivity contribution in [2.24, 2.45) is 0 Å². The molecule has 0 amide bonds. The van der Waals surface area contributed by atoms with Crippen LogP contribution in [0.4, 0.5) is 4.79 Å². The van der Waals surface area contributed by atoms with E-state index in [9.17, 15) is 14.7 Å². The average Bonchev–Trinajstić information content (AvgIpc) is 2.45. The Labute approximate surface area is 87.8 Å². The zero-order valence-electron chi connectivity index (χ0n) is 7.65. The van der Waals surface area contributed by atoms with E-state index < -0.39 is 42.1 Å². The van der Waals surface area contributed by atoms with E-state index in [-0.39, 0.29) is 0 Å². The maximum absolute atomic E-state index is 10.8. The molecule has 9 heteroatoms. The number of esters is 1. The Balaban J connectivity index is 3.00. The Bertz CT molecular complexity index is 359. The highest BCUT2D eigenvalue weighted by Crippen LogP contribution is 2.28. The molecule has 2 atom stereocenters. The molecule has 0 saturated carbocycles. The summed E-state index contributed by atoms with van der Waals surface area (Å²) in [5.74, 6) is -6.56. The Morgan fingerprint density at radius 3 is 2.38 bits per heavy atom. The summed E-state index contributed by atoms with van der Waals surface area (Å²) >= 11 is 0. The summed E-state index contributed by atoms with van der Waals surface area (Å²) in [4.78, 5) is 21.0. The number of aliphatic hydroxyl groups excluding tert-OH is 3. The molecule has 0 aromatic heterocycles. The van der Waals surface area contributed by atoms with Gasteiger partial charge in [-0.3, -0.25) is 0 Å².